The highest BCUT2D eigenvalue weighted by Crippen LogP contribution is 2.31. The molecule has 0 bridgehead atoms. The van der Waals surface area contributed by atoms with E-state index in [1.807, 2.05) is 53.9 Å². The molecule has 0 radical (unpaired) electrons. The lowest BCUT2D eigenvalue weighted by atomic mass is 10.1. The van der Waals surface area contributed by atoms with Gasteiger partial charge in [-0.1, -0.05) is 24.3 Å². The van der Waals surface area contributed by atoms with Crippen LogP contribution in [0.5, 0.6) is 0 Å². The third-order valence-corrected chi connectivity index (χ3v) is 5.46. The highest BCUT2D eigenvalue weighted by Gasteiger charge is 2.07. The first-order valence-electron chi connectivity index (χ1n) is 6.60. The number of hydrogen-bond donors (Lipinski definition) is 1. The van der Waals surface area contributed by atoms with E-state index in [2.05, 4.69) is 27.3 Å². The van der Waals surface area contributed by atoms with Gasteiger partial charge in [0.25, 0.3) is 0 Å². The molecule has 5 heteroatoms. The largest absolute Gasteiger partial charge is 0.322 e. The molecular formula is C17H12BrNOS2. The Morgan fingerprint density at radius 1 is 1.09 bits per heavy atom. The van der Waals surface area contributed by atoms with Gasteiger partial charge in [0.1, 0.15) is 0 Å². The number of rotatable bonds is 4. The van der Waals surface area contributed by atoms with E-state index in [0.717, 1.165) is 24.8 Å². The molecule has 1 amide bonds. The molecule has 110 valence electrons. The highest BCUT2D eigenvalue weighted by molar-refractivity contribution is 9.11. The normalized spacial score (nSPS) is 11.0. The van der Waals surface area contributed by atoms with E-state index in [1.54, 1.807) is 28.7 Å². The van der Waals surface area contributed by atoms with Crippen molar-refractivity contribution in [2.45, 2.75) is 0 Å². The molecule has 2 heterocycles. The molecule has 0 saturated carbocycles. The molecule has 22 heavy (non-hydrogen) atoms. The second-order valence-corrected chi connectivity index (χ2v) is 7.93. The van der Waals surface area contributed by atoms with Crippen LogP contribution in [0.3, 0.4) is 0 Å². The van der Waals surface area contributed by atoms with Crippen LogP contribution in [-0.2, 0) is 4.79 Å². The number of carbonyl (C=O) groups is 1. The number of benzene rings is 1. The van der Waals surface area contributed by atoms with Crippen molar-refractivity contribution in [1.82, 2.24) is 0 Å². The van der Waals surface area contributed by atoms with Gasteiger partial charge in [-0.25, -0.2) is 0 Å². The number of nitrogens with one attached hydrogen (secondary N) is 1. The summed E-state index contributed by atoms with van der Waals surface area (Å²) < 4.78 is 1.05. The summed E-state index contributed by atoms with van der Waals surface area (Å²) >= 11 is 6.66. The van der Waals surface area contributed by atoms with Gasteiger partial charge in [0.05, 0.1) is 3.79 Å². The second-order valence-electron chi connectivity index (χ2n) is 4.49. The van der Waals surface area contributed by atoms with E-state index in [9.17, 15) is 4.79 Å². The molecule has 0 aliphatic heterocycles. The van der Waals surface area contributed by atoms with Crippen molar-refractivity contribution in [2.75, 3.05) is 5.32 Å². The minimum absolute atomic E-state index is 0.131. The third-order valence-electron chi connectivity index (χ3n) is 2.96. The smallest absolute Gasteiger partial charge is 0.248 e. The van der Waals surface area contributed by atoms with Crippen LogP contribution in [0.2, 0.25) is 0 Å². The molecule has 1 N–H and O–H groups in total. The molecule has 3 aromatic rings. The quantitative estimate of drug-likeness (QED) is 0.553. The van der Waals surface area contributed by atoms with Gasteiger partial charge in [0.15, 0.2) is 0 Å². The van der Waals surface area contributed by atoms with E-state index in [4.69, 9.17) is 0 Å². The van der Waals surface area contributed by atoms with E-state index >= 15 is 0 Å². The predicted octanol–water partition coefficient (Wildman–Crippen LogP) is 5.89. The summed E-state index contributed by atoms with van der Waals surface area (Å²) in [7, 11) is 0. The molecule has 0 aliphatic rings. The SMILES string of the molecule is O=C(/C=C/c1ccc(Br)s1)Nc1ccccc1-c1cccs1. The molecule has 0 fully saturated rings. The first kappa shape index (κ1) is 15.2. The average molecular weight is 390 g/mol. The third kappa shape index (κ3) is 3.74. The molecule has 3 rings (SSSR count). The van der Waals surface area contributed by atoms with Crippen LogP contribution in [0.25, 0.3) is 16.5 Å². The summed E-state index contributed by atoms with van der Waals surface area (Å²) in [4.78, 5) is 14.3. The van der Waals surface area contributed by atoms with Gasteiger partial charge in [-0.15, -0.1) is 22.7 Å². The fourth-order valence-corrected chi connectivity index (χ4v) is 4.08. The minimum atomic E-state index is -0.131. The summed E-state index contributed by atoms with van der Waals surface area (Å²) in [5, 5.41) is 4.98. The van der Waals surface area contributed by atoms with Gasteiger partial charge in [-0.2, -0.15) is 0 Å². The summed E-state index contributed by atoms with van der Waals surface area (Å²) in [6, 6.07) is 15.8. The Morgan fingerprint density at radius 2 is 1.95 bits per heavy atom. The number of anilines is 1. The van der Waals surface area contributed by atoms with Gasteiger partial charge in [-0.3, -0.25) is 4.79 Å². The maximum atomic E-state index is 12.1. The van der Waals surface area contributed by atoms with E-state index in [-0.39, 0.29) is 5.91 Å². The zero-order chi connectivity index (χ0) is 15.4. The first-order chi connectivity index (χ1) is 10.7. The maximum absolute atomic E-state index is 12.1. The molecule has 2 aromatic heterocycles. The van der Waals surface area contributed by atoms with E-state index < -0.39 is 0 Å². The van der Waals surface area contributed by atoms with Crippen LogP contribution in [-0.4, -0.2) is 5.91 Å². The molecule has 0 spiro atoms. The van der Waals surface area contributed by atoms with Crippen LogP contribution < -0.4 is 5.32 Å². The number of amides is 1. The standard InChI is InChI=1S/C17H12BrNOS2/c18-16-9-7-12(22-16)8-10-17(20)19-14-5-2-1-4-13(14)15-6-3-11-21-15/h1-11H,(H,19,20)/b10-8+. The lowest BCUT2D eigenvalue weighted by molar-refractivity contribution is -0.111. The molecule has 0 saturated heterocycles. The first-order valence-corrected chi connectivity index (χ1v) is 9.08. The van der Waals surface area contributed by atoms with Gasteiger partial charge in [-0.05, 0) is 51.7 Å². The van der Waals surface area contributed by atoms with Gasteiger partial charge in [0, 0.05) is 27.1 Å². The Labute approximate surface area is 145 Å². The zero-order valence-electron chi connectivity index (χ0n) is 11.5. The highest BCUT2D eigenvalue weighted by atomic mass is 79.9. The van der Waals surface area contributed by atoms with Crippen LogP contribution >= 0.6 is 38.6 Å². The molecule has 0 unspecified atom stereocenters. The van der Waals surface area contributed by atoms with E-state index in [0.29, 0.717) is 0 Å². The van der Waals surface area contributed by atoms with Crippen molar-refractivity contribution in [1.29, 1.82) is 0 Å². The molecule has 2 nitrogen and oxygen atoms in total. The second kappa shape index (κ2) is 7.05. The number of para-hydroxylation sites is 1. The lowest BCUT2D eigenvalue weighted by Crippen LogP contribution is -2.08. The molecule has 1 aromatic carbocycles. The number of thiophene rings is 2. The Morgan fingerprint density at radius 3 is 2.68 bits per heavy atom. The van der Waals surface area contributed by atoms with Crippen molar-refractivity contribution < 1.29 is 4.79 Å². The molecular weight excluding hydrogens is 378 g/mol. The van der Waals surface area contributed by atoms with Crippen LogP contribution in [0.1, 0.15) is 4.88 Å². The fourth-order valence-electron chi connectivity index (χ4n) is 1.99. The summed E-state index contributed by atoms with van der Waals surface area (Å²) in [5.74, 6) is -0.131. The van der Waals surface area contributed by atoms with Gasteiger partial charge in [0.2, 0.25) is 5.91 Å². The minimum Gasteiger partial charge on any atom is -0.322 e. The monoisotopic (exact) mass is 389 g/mol. The van der Waals surface area contributed by atoms with E-state index in [1.165, 1.54) is 0 Å². The molecule has 0 atom stereocenters. The Kier molecular flexibility index (Phi) is 4.87. The van der Waals surface area contributed by atoms with Crippen molar-refractivity contribution >= 4 is 56.3 Å². The lowest BCUT2D eigenvalue weighted by Gasteiger charge is -2.08. The Balaban J connectivity index is 1.76. The van der Waals surface area contributed by atoms with Gasteiger partial charge < -0.3 is 5.32 Å². The van der Waals surface area contributed by atoms with Crippen molar-refractivity contribution in [2.24, 2.45) is 0 Å². The van der Waals surface area contributed by atoms with Crippen LogP contribution in [0.15, 0.2) is 63.8 Å². The summed E-state index contributed by atoms with van der Waals surface area (Å²) in [6.45, 7) is 0. The average Bonchev–Trinajstić information content (AvgIpc) is 3.17. The number of hydrogen-bond acceptors (Lipinski definition) is 3. The van der Waals surface area contributed by atoms with Crippen LogP contribution in [0.4, 0.5) is 5.69 Å². The Bertz CT molecular complexity index is 806. The topological polar surface area (TPSA) is 29.1 Å². The summed E-state index contributed by atoms with van der Waals surface area (Å²) in [6.07, 6.45) is 3.38. The summed E-state index contributed by atoms with van der Waals surface area (Å²) in [5.41, 5.74) is 1.87. The zero-order valence-corrected chi connectivity index (χ0v) is 14.7. The fraction of sp³-hybridized carbons (Fsp3) is 0. The van der Waals surface area contributed by atoms with Gasteiger partial charge >= 0.3 is 0 Å². The molecule has 0 aliphatic carbocycles. The Hall–Kier alpha value is -1.69. The number of carbonyl (C=O) groups excluding carboxylic acids is 1. The van der Waals surface area contributed by atoms with Crippen molar-refractivity contribution in [3.8, 4) is 10.4 Å². The number of halogens is 1. The van der Waals surface area contributed by atoms with Crippen LogP contribution in [0, 0.1) is 0 Å². The maximum Gasteiger partial charge on any atom is 0.248 e. The van der Waals surface area contributed by atoms with Crippen molar-refractivity contribution in [3.05, 3.63) is 68.7 Å². The van der Waals surface area contributed by atoms with Crippen molar-refractivity contribution in [3.63, 3.8) is 0 Å². The predicted molar refractivity (Wildman–Crippen MR) is 99.4 cm³/mol.